The van der Waals surface area contributed by atoms with Crippen molar-refractivity contribution in [2.24, 2.45) is 0 Å². The van der Waals surface area contributed by atoms with Crippen molar-refractivity contribution in [1.82, 2.24) is 0 Å². The second kappa shape index (κ2) is 5.84. The van der Waals surface area contributed by atoms with Crippen LogP contribution < -0.4 is 10.2 Å². The molecule has 21 heavy (non-hydrogen) atoms. The van der Waals surface area contributed by atoms with E-state index in [-0.39, 0.29) is 5.56 Å². The van der Waals surface area contributed by atoms with Crippen LogP contribution in [0, 0.1) is 17.1 Å². The molecular formula is C17H16FN3. The van der Waals surface area contributed by atoms with Crippen molar-refractivity contribution in [3.8, 4) is 6.07 Å². The van der Waals surface area contributed by atoms with E-state index < -0.39 is 5.82 Å². The van der Waals surface area contributed by atoms with Crippen molar-refractivity contribution in [1.29, 1.82) is 5.26 Å². The molecule has 3 nitrogen and oxygen atoms in total. The summed E-state index contributed by atoms with van der Waals surface area (Å²) in [4.78, 5) is 2.27. The second-order valence-corrected chi connectivity index (χ2v) is 5.15. The van der Waals surface area contributed by atoms with Crippen LogP contribution >= 0.6 is 0 Å². The Hall–Kier alpha value is -2.54. The minimum absolute atomic E-state index is 0.105. The maximum Gasteiger partial charge on any atom is 0.140 e. The van der Waals surface area contributed by atoms with E-state index in [1.54, 1.807) is 12.1 Å². The molecule has 1 aliphatic heterocycles. The lowest BCUT2D eigenvalue weighted by atomic mass is 10.1. The van der Waals surface area contributed by atoms with Crippen LogP contribution in [0.2, 0.25) is 0 Å². The summed E-state index contributed by atoms with van der Waals surface area (Å²) in [5.74, 6) is -0.459. The van der Waals surface area contributed by atoms with Crippen LogP contribution in [-0.2, 0) is 6.54 Å². The zero-order valence-corrected chi connectivity index (χ0v) is 11.6. The Morgan fingerprint density at radius 1 is 1.24 bits per heavy atom. The van der Waals surface area contributed by atoms with Gasteiger partial charge in [-0.25, -0.2) is 4.39 Å². The SMILES string of the molecule is N#Cc1cc(CN2CCCNc3ccccc32)ccc1F. The first-order valence-corrected chi connectivity index (χ1v) is 7.04. The zero-order chi connectivity index (χ0) is 14.7. The number of anilines is 2. The van der Waals surface area contributed by atoms with E-state index in [1.807, 2.05) is 18.2 Å². The lowest BCUT2D eigenvalue weighted by molar-refractivity contribution is 0.622. The minimum atomic E-state index is -0.459. The summed E-state index contributed by atoms with van der Waals surface area (Å²) in [6.45, 7) is 2.55. The Labute approximate surface area is 123 Å². The zero-order valence-electron chi connectivity index (χ0n) is 11.6. The number of hydrogen-bond acceptors (Lipinski definition) is 3. The molecular weight excluding hydrogens is 265 g/mol. The fourth-order valence-electron chi connectivity index (χ4n) is 2.65. The van der Waals surface area contributed by atoms with E-state index in [4.69, 9.17) is 5.26 Å². The molecule has 2 aromatic carbocycles. The average molecular weight is 281 g/mol. The summed E-state index contributed by atoms with van der Waals surface area (Å²) in [7, 11) is 0. The van der Waals surface area contributed by atoms with Gasteiger partial charge in [-0.05, 0) is 36.2 Å². The van der Waals surface area contributed by atoms with Crippen molar-refractivity contribution in [2.75, 3.05) is 23.3 Å². The summed E-state index contributed by atoms with van der Waals surface area (Å²) < 4.78 is 13.4. The summed E-state index contributed by atoms with van der Waals surface area (Å²) in [6.07, 6.45) is 1.04. The smallest absolute Gasteiger partial charge is 0.140 e. The minimum Gasteiger partial charge on any atom is -0.383 e. The van der Waals surface area contributed by atoms with Gasteiger partial charge in [-0.1, -0.05) is 18.2 Å². The van der Waals surface area contributed by atoms with Crippen LogP contribution in [0.1, 0.15) is 17.5 Å². The third-order valence-corrected chi connectivity index (χ3v) is 3.69. The van der Waals surface area contributed by atoms with Crippen molar-refractivity contribution >= 4 is 11.4 Å². The van der Waals surface area contributed by atoms with Gasteiger partial charge < -0.3 is 10.2 Å². The Morgan fingerprint density at radius 2 is 2.10 bits per heavy atom. The first kappa shape index (κ1) is 13.4. The molecule has 0 spiro atoms. The highest BCUT2D eigenvalue weighted by molar-refractivity contribution is 5.70. The molecule has 0 unspecified atom stereocenters. The van der Waals surface area contributed by atoms with Crippen LogP contribution in [0.3, 0.4) is 0 Å². The van der Waals surface area contributed by atoms with E-state index in [0.29, 0.717) is 6.54 Å². The quantitative estimate of drug-likeness (QED) is 0.915. The summed E-state index contributed by atoms with van der Waals surface area (Å²) >= 11 is 0. The summed E-state index contributed by atoms with van der Waals surface area (Å²) in [6, 6.07) is 14.8. The van der Waals surface area contributed by atoms with Crippen LogP contribution in [0.5, 0.6) is 0 Å². The number of nitriles is 1. The molecule has 0 fully saturated rings. The fourth-order valence-corrected chi connectivity index (χ4v) is 2.65. The molecule has 3 rings (SSSR count). The molecule has 0 saturated heterocycles. The molecule has 1 heterocycles. The van der Waals surface area contributed by atoms with Gasteiger partial charge in [-0.15, -0.1) is 0 Å². The van der Waals surface area contributed by atoms with Gasteiger partial charge in [0.1, 0.15) is 11.9 Å². The van der Waals surface area contributed by atoms with Gasteiger partial charge >= 0.3 is 0 Å². The van der Waals surface area contributed by atoms with E-state index in [2.05, 4.69) is 22.3 Å². The molecule has 106 valence electrons. The van der Waals surface area contributed by atoms with Crippen LogP contribution in [0.15, 0.2) is 42.5 Å². The molecule has 0 saturated carbocycles. The normalized spacial score (nSPS) is 13.8. The first-order chi connectivity index (χ1) is 10.3. The lowest BCUT2D eigenvalue weighted by Crippen LogP contribution is -2.23. The first-order valence-electron chi connectivity index (χ1n) is 7.04. The van der Waals surface area contributed by atoms with Crippen LogP contribution in [-0.4, -0.2) is 13.1 Å². The number of halogens is 1. The number of nitrogens with one attached hydrogen (secondary N) is 1. The number of rotatable bonds is 2. The molecule has 2 aromatic rings. The molecule has 4 heteroatoms. The number of fused-ring (bicyclic) bond motifs is 1. The lowest BCUT2D eigenvalue weighted by Gasteiger charge is -2.24. The highest BCUT2D eigenvalue weighted by atomic mass is 19.1. The van der Waals surface area contributed by atoms with Crippen LogP contribution in [0.4, 0.5) is 15.8 Å². The summed E-state index contributed by atoms with van der Waals surface area (Å²) in [5, 5.41) is 12.4. The highest BCUT2D eigenvalue weighted by Crippen LogP contribution is 2.29. The van der Waals surface area contributed by atoms with Gasteiger partial charge in [0.05, 0.1) is 16.9 Å². The van der Waals surface area contributed by atoms with Gasteiger partial charge in [0, 0.05) is 19.6 Å². The van der Waals surface area contributed by atoms with Crippen molar-refractivity contribution < 1.29 is 4.39 Å². The standard InChI is InChI=1S/C17H16FN3/c18-15-7-6-13(10-14(15)11-19)12-21-9-3-8-20-16-4-1-2-5-17(16)21/h1-2,4-7,10,20H,3,8-9,12H2. The van der Waals surface area contributed by atoms with E-state index >= 15 is 0 Å². The van der Waals surface area contributed by atoms with E-state index in [0.717, 1.165) is 36.4 Å². The second-order valence-electron chi connectivity index (χ2n) is 5.15. The third kappa shape index (κ3) is 2.82. The van der Waals surface area contributed by atoms with Gasteiger partial charge in [-0.2, -0.15) is 5.26 Å². The largest absolute Gasteiger partial charge is 0.383 e. The van der Waals surface area contributed by atoms with Crippen molar-refractivity contribution in [3.05, 3.63) is 59.4 Å². The summed E-state index contributed by atoms with van der Waals surface area (Å²) in [5.41, 5.74) is 3.33. The Balaban J connectivity index is 1.89. The third-order valence-electron chi connectivity index (χ3n) is 3.69. The van der Waals surface area contributed by atoms with Gasteiger partial charge in [0.25, 0.3) is 0 Å². The predicted molar refractivity (Wildman–Crippen MR) is 81.7 cm³/mol. The molecule has 0 aromatic heterocycles. The number of hydrogen-bond donors (Lipinski definition) is 1. The van der Waals surface area contributed by atoms with Crippen molar-refractivity contribution in [2.45, 2.75) is 13.0 Å². The van der Waals surface area contributed by atoms with Gasteiger partial charge in [0.15, 0.2) is 0 Å². The van der Waals surface area contributed by atoms with Gasteiger partial charge in [-0.3, -0.25) is 0 Å². The highest BCUT2D eigenvalue weighted by Gasteiger charge is 2.15. The Kier molecular flexibility index (Phi) is 3.74. The monoisotopic (exact) mass is 281 g/mol. The topological polar surface area (TPSA) is 39.1 Å². The van der Waals surface area contributed by atoms with Crippen LogP contribution in [0.25, 0.3) is 0 Å². The van der Waals surface area contributed by atoms with E-state index in [9.17, 15) is 4.39 Å². The maximum absolute atomic E-state index is 13.4. The number of benzene rings is 2. The van der Waals surface area contributed by atoms with Gasteiger partial charge in [0.2, 0.25) is 0 Å². The predicted octanol–water partition coefficient (Wildman–Crippen LogP) is 3.52. The molecule has 0 radical (unpaired) electrons. The molecule has 0 bridgehead atoms. The van der Waals surface area contributed by atoms with E-state index in [1.165, 1.54) is 6.07 Å². The molecule has 1 N–H and O–H groups in total. The Bertz CT molecular complexity index is 691. The fraction of sp³-hybridized carbons (Fsp3) is 0.235. The number of para-hydroxylation sites is 2. The molecule has 1 aliphatic rings. The molecule has 0 atom stereocenters. The molecule has 0 amide bonds. The maximum atomic E-state index is 13.4. The molecule has 0 aliphatic carbocycles. The number of nitrogens with zero attached hydrogens (tertiary/aromatic N) is 2. The van der Waals surface area contributed by atoms with Crippen molar-refractivity contribution in [3.63, 3.8) is 0 Å². The average Bonchev–Trinajstić information content (AvgIpc) is 2.72. The Morgan fingerprint density at radius 3 is 2.95 bits per heavy atom.